The molecule has 7 unspecified atom stereocenters. The first kappa shape index (κ1) is 20.9. The summed E-state index contributed by atoms with van der Waals surface area (Å²) in [6.45, 7) is 10.7. The van der Waals surface area contributed by atoms with Crippen molar-refractivity contribution in [3.8, 4) is 0 Å². The van der Waals surface area contributed by atoms with E-state index >= 15 is 0 Å². The quantitative estimate of drug-likeness (QED) is 0.362. The molecule has 0 spiro atoms. The van der Waals surface area contributed by atoms with Crippen LogP contribution in [0.15, 0.2) is 12.7 Å². The maximum atomic E-state index is 13.3. The van der Waals surface area contributed by atoms with Crippen LogP contribution in [-0.2, 0) is 9.53 Å². The second kappa shape index (κ2) is 9.61. The van der Waals surface area contributed by atoms with E-state index in [4.69, 9.17) is 4.74 Å². The molecule has 3 aliphatic carbocycles. The summed E-state index contributed by atoms with van der Waals surface area (Å²) >= 11 is 0. The largest absolute Gasteiger partial charge is 0.462 e. The summed E-state index contributed by atoms with van der Waals surface area (Å²) in [6.07, 6.45) is 16.2. The molecule has 3 rings (SSSR count). The van der Waals surface area contributed by atoms with E-state index in [0.29, 0.717) is 11.8 Å². The molecule has 0 N–H and O–H groups in total. The molecule has 2 nitrogen and oxygen atoms in total. The Balaban J connectivity index is 1.66. The molecule has 3 saturated carbocycles. The van der Waals surface area contributed by atoms with Crippen LogP contribution in [0.3, 0.4) is 0 Å². The Morgan fingerprint density at radius 1 is 1.04 bits per heavy atom. The Morgan fingerprint density at radius 3 is 2.30 bits per heavy atom. The highest BCUT2D eigenvalue weighted by atomic mass is 16.5. The van der Waals surface area contributed by atoms with E-state index in [2.05, 4.69) is 27.4 Å². The molecule has 0 amide bonds. The first-order chi connectivity index (χ1) is 13.0. The van der Waals surface area contributed by atoms with Crippen LogP contribution in [0.2, 0.25) is 0 Å². The molecule has 0 aliphatic heterocycles. The minimum absolute atomic E-state index is 0.00221. The van der Waals surface area contributed by atoms with Crippen LogP contribution in [-0.4, -0.2) is 12.1 Å². The van der Waals surface area contributed by atoms with Crippen LogP contribution < -0.4 is 0 Å². The number of hydrogen-bond acceptors (Lipinski definition) is 2. The molecule has 2 heteroatoms. The topological polar surface area (TPSA) is 26.3 Å². The van der Waals surface area contributed by atoms with Gasteiger partial charge in [0.2, 0.25) is 0 Å². The van der Waals surface area contributed by atoms with Gasteiger partial charge in [0, 0.05) is 0 Å². The maximum Gasteiger partial charge on any atom is 0.310 e. The van der Waals surface area contributed by atoms with E-state index in [0.717, 1.165) is 24.2 Å². The number of ether oxygens (including phenoxy) is 1. The molecule has 27 heavy (non-hydrogen) atoms. The fourth-order valence-electron chi connectivity index (χ4n) is 6.62. The van der Waals surface area contributed by atoms with Crippen LogP contribution >= 0.6 is 0 Å². The summed E-state index contributed by atoms with van der Waals surface area (Å²) in [5.41, 5.74) is 0. The lowest BCUT2D eigenvalue weighted by atomic mass is 9.66. The van der Waals surface area contributed by atoms with Crippen LogP contribution in [0.1, 0.15) is 91.4 Å². The Kier molecular flexibility index (Phi) is 7.45. The number of rotatable bonds is 7. The van der Waals surface area contributed by atoms with Crippen LogP contribution in [0.5, 0.6) is 0 Å². The van der Waals surface area contributed by atoms with Crippen molar-refractivity contribution in [3.63, 3.8) is 0 Å². The monoisotopic (exact) mass is 374 g/mol. The summed E-state index contributed by atoms with van der Waals surface area (Å²) in [5, 5.41) is 0. The van der Waals surface area contributed by atoms with Gasteiger partial charge in [-0.15, -0.1) is 6.58 Å². The van der Waals surface area contributed by atoms with Crippen molar-refractivity contribution in [1.29, 1.82) is 0 Å². The van der Waals surface area contributed by atoms with Gasteiger partial charge in [0.25, 0.3) is 0 Å². The zero-order valence-corrected chi connectivity index (χ0v) is 18.0. The zero-order valence-electron chi connectivity index (χ0n) is 18.0. The molecule has 7 atom stereocenters. The maximum absolute atomic E-state index is 13.3. The third-order valence-electron chi connectivity index (χ3n) is 8.05. The molecular weight excluding hydrogens is 332 g/mol. The van der Waals surface area contributed by atoms with Gasteiger partial charge in [0.15, 0.2) is 0 Å². The number of carbonyl (C=O) groups is 1. The van der Waals surface area contributed by atoms with Gasteiger partial charge in [0.05, 0.1) is 5.92 Å². The summed E-state index contributed by atoms with van der Waals surface area (Å²) in [7, 11) is 0. The van der Waals surface area contributed by atoms with Crippen molar-refractivity contribution >= 4 is 5.97 Å². The predicted octanol–water partition coefficient (Wildman–Crippen LogP) is 6.79. The molecular formula is C25H42O2. The standard InChI is InChI=1S/C25H42O2/c1-5-18(4)24(21-12-7-9-17(3)13-21)25(26)27-23(6-2)22-15-19-10-8-11-20(14-19)16-22/h5,17-24H,1,6-16H2,2-4H3. The van der Waals surface area contributed by atoms with E-state index in [1.54, 1.807) is 0 Å². The number of esters is 1. The van der Waals surface area contributed by atoms with Crippen LogP contribution in [0.4, 0.5) is 0 Å². The van der Waals surface area contributed by atoms with Gasteiger partial charge >= 0.3 is 5.97 Å². The van der Waals surface area contributed by atoms with E-state index in [1.165, 1.54) is 64.2 Å². The SMILES string of the molecule is C=CC(C)C(C(=O)OC(CC)C1CC2CCCC(C2)C1)C1CCCC(C)C1. The van der Waals surface area contributed by atoms with Crippen LogP contribution in [0, 0.1) is 41.4 Å². The first-order valence-electron chi connectivity index (χ1n) is 11.8. The van der Waals surface area contributed by atoms with Gasteiger partial charge in [-0.05, 0) is 74.0 Å². The molecule has 2 bridgehead atoms. The molecule has 0 saturated heterocycles. The highest BCUT2D eigenvalue weighted by Gasteiger charge is 2.40. The second-order valence-electron chi connectivity index (χ2n) is 10.2. The van der Waals surface area contributed by atoms with Gasteiger partial charge in [-0.2, -0.15) is 0 Å². The van der Waals surface area contributed by atoms with Gasteiger partial charge in [-0.25, -0.2) is 0 Å². The van der Waals surface area contributed by atoms with E-state index in [1.807, 2.05) is 6.08 Å². The molecule has 0 aromatic rings. The number of allylic oxidation sites excluding steroid dienone is 1. The van der Waals surface area contributed by atoms with Crippen molar-refractivity contribution in [3.05, 3.63) is 12.7 Å². The molecule has 0 aromatic carbocycles. The Bertz CT molecular complexity index is 487. The minimum Gasteiger partial charge on any atom is -0.462 e. The highest BCUT2D eigenvalue weighted by molar-refractivity contribution is 5.73. The van der Waals surface area contributed by atoms with Gasteiger partial charge in [-0.3, -0.25) is 4.79 Å². The molecule has 0 radical (unpaired) electrons. The summed E-state index contributed by atoms with van der Waals surface area (Å²) in [6, 6.07) is 0. The van der Waals surface area contributed by atoms with Gasteiger partial charge < -0.3 is 4.74 Å². The first-order valence-corrected chi connectivity index (χ1v) is 11.8. The normalized spacial score (nSPS) is 37.1. The predicted molar refractivity (Wildman–Crippen MR) is 112 cm³/mol. The summed E-state index contributed by atoms with van der Waals surface area (Å²) < 4.78 is 6.29. The van der Waals surface area contributed by atoms with Crippen LogP contribution in [0.25, 0.3) is 0 Å². The lowest BCUT2D eigenvalue weighted by Gasteiger charge is -2.42. The minimum atomic E-state index is 0.00221. The lowest BCUT2D eigenvalue weighted by Crippen LogP contribution is -2.39. The molecule has 3 aliphatic rings. The fraction of sp³-hybridized carbons (Fsp3) is 0.880. The Morgan fingerprint density at radius 2 is 1.70 bits per heavy atom. The summed E-state index contributed by atoms with van der Waals surface area (Å²) in [4.78, 5) is 13.3. The zero-order chi connectivity index (χ0) is 19.4. The number of fused-ring (bicyclic) bond motifs is 2. The Hall–Kier alpha value is -0.790. The lowest BCUT2D eigenvalue weighted by molar-refractivity contribution is -0.163. The molecule has 0 aromatic heterocycles. The average Bonchev–Trinajstić information content (AvgIpc) is 2.65. The molecule has 0 heterocycles. The van der Waals surface area contributed by atoms with Crippen molar-refractivity contribution in [2.24, 2.45) is 41.4 Å². The van der Waals surface area contributed by atoms with Crippen molar-refractivity contribution in [1.82, 2.24) is 0 Å². The van der Waals surface area contributed by atoms with Crippen molar-refractivity contribution < 1.29 is 9.53 Å². The molecule has 154 valence electrons. The van der Waals surface area contributed by atoms with Crippen molar-refractivity contribution in [2.75, 3.05) is 0 Å². The average molecular weight is 375 g/mol. The van der Waals surface area contributed by atoms with E-state index in [9.17, 15) is 4.79 Å². The van der Waals surface area contributed by atoms with Crippen molar-refractivity contribution in [2.45, 2.75) is 97.5 Å². The third kappa shape index (κ3) is 5.18. The Labute approximate surface area is 167 Å². The smallest absolute Gasteiger partial charge is 0.310 e. The van der Waals surface area contributed by atoms with E-state index in [-0.39, 0.29) is 23.9 Å². The van der Waals surface area contributed by atoms with E-state index < -0.39 is 0 Å². The highest BCUT2D eigenvalue weighted by Crippen LogP contribution is 2.45. The third-order valence-corrected chi connectivity index (χ3v) is 8.05. The number of carbonyl (C=O) groups excluding carboxylic acids is 1. The second-order valence-corrected chi connectivity index (χ2v) is 10.2. The van der Waals surface area contributed by atoms with Gasteiger partial charge in [0.1, 0.15) is 6.10 Å². The fourth-order valence-corrected chi connectivity index (χ4v) is 6.62. The number of hydrogen-bond donors (Lipinski definition) is 0. The van der Waals surface area contributed by atoms with Gasteiger partial charge in [-0.1, -0.05) is 59.0 Å². The summed E-state index contributed by atoms with van der Waals surface area (Å²) in [5.74, 6) is 3.85. The molecule has 3 fully saturated rings.